The fourth-order valence-electron chi connectivity index (χ4n) is 1.79. The van der Waals surface area contributed by atoms with Crippen molar-refractivity contribution in [1.29, 1.82) is 5.26 Å². The highest BCUT2D eigenvalue weighted by Gasteiger charge is 2.13. The summed E-state index contributed by atoms with van der Waals surface area (Å²) < 4.78 is 38.3. The Labute approximate surface area is 108 Å². The van der Waals surface area contributed by atoms with Crippen molar-refractivity contribution in [3.63, 3.8) is 0 Å². The van der Waals surface area contributed by atoms with Gasteiger partial charge in [0.25, 0.3) is 6.43 Å². The van der Waals surface area contributed by atoms with Crippen molar-refractivity contribution in [1.82, 2.24) is 0 Å². The summed E-state index contributed by atoms with van der Waals surface area (Å²) in [5.74, 6) is -0.909. The molecule has 96 valence electrons. The van der Waals surface area contributed by atoms with Crippen LogP contribution in [0.3, 0.4) is 0 Å². The SMILES string of the molecule is N#CCc1ccc(-c2ccc(C(F)F)c(F)c2)cc1. The zero-order chi connectivity index (χ0) is 13.8. The van der Waals surface area contributed by atoms with Crippen LogP contribution < -0.4 is 0 Å². The van der Waals surface area contributed by atoms with E-state index >= 15 is 0 Å². The predicted molar refractivity (Wildman–Crippen MR) is 66.1 cm³/mol. The molecule has 2 rings (SSSR count). The van der Waals surface area contributed by atoms with Crippen LogP contribution >= 0.6 is 0 Å². The maximum Gasteiger partial charge on any atom is 0.266 e. The van der Waals surface area contributed by atoms with Gasteiger partial charge in [0.05, 0.1) is 18.1 Å². The molecule has 2 aromatic carbocycles. The molecular weight excluding hydrogens is 251 g/mol. The lowest BCUT2D eigenvalue weighted by molar-refractivity contribution is 0.146. The summed E-state index contributed by atoms with van der Waals surface area (Å²) in [6.07, 6.45) is -2.51. The average molecular weight is 261 g/mol. The van der Waals surface area contributed by atoms with Crippen LogP contribution in [0.25, 0.3) is 11.1 Å². The Morgan fingerprint density at radius 2 is 1.63 bits per heavy atom. The largest absolute Gasteiger partial charge is 0.266 e. The van der Waals surface area contributed by atoms with Gasteiger partial charge in [0, 0.05) is 0 Å². The number of rotatable bonds is 3. The van der Waals surface area contributed by atoms with Crippen LogP contribution in [-0.4, -0.2) is 0 Å². The van der Waals surface area contributed by atoms with E-state index in [9.17, 15) is 13.2 Å². The van der Waals surface area contributed by atoms with Gasteiger partial charge in [-0.2, -0.15) is 5.26 Å². The molecule has 0 aliphatic heterocycles. The summed E-state index contributed by atoms with van der Waals surface area (Å²) in [4.78, 5) is 0. The molecule has 0 aliphatic rings. The van der Waals surface area contributed by atoms with Crippen molar-refractivity contribution in [3.8, 4) is 17.2 Å². The Morgan fingerprint density at radius 3 is 2.16 bits per heavy atom. The van der Waals surface area contributed by atoms with Crippen LogP contribution in [0.5, 0.6) is 0 Å². The molecular formula is C15H10F3N. The van der Waals surface area contributed by atoms with E-state index in [2.05, 4.69) is 0 Å². The van der Waals surface area contributed by atoms with Crippen molar-refractivity contribution in [2.24, 2.45) is 0 Å². The Bertz CT molecular complexity index is 612. The molecule has 0 bridgehead atoms. The van der Waals surface area contributed by atoms with Gasteiger partial charge in [-0.1, -0.05) is 30.3 Å². The smallest absolute Gasteiger partial charge is 0.206 e. The number of benzene rings is 2. The first kappa shape index (κ1) is 13.2. The molecule has 4 heteroatoms. The third kappa shape index (κ3) is 2.94. The highest BCUT2D eigenvalue weighted by molar-refractivity contribution is 5.64. The highest BCUT2D eigenvalue weighted by Crippen LogP contribution is 2.27. The lowest BCUT2D eigenvalue weighted by Crippen LogP contribution is -1.91. The van der Waals surface area contributed by atoms with Crippen LogP contribution in [0.1, 0.15) is 17.6 Å². The van der Waals surface area contributed by atoms with E-state index in [0.717, 1.165) is 23.3 Å². The lowest BCUT2D eigenvalue weighted by atomic mass is 10.0. The van der Waals surface area contributed by atoms with E-state index in [0.29, 0.717) is 12.0 Å². The van der Waals surface area contributed by atoms with Crippen LogP contribution in [0.15, 0.2) is 42.5 Å². The van der Waals surface area contributed by atoms with Gasteiger partial charge in [0.1, 0.15) is 5.82 Å². The van der Waals surface area contributed by atoms with E-state index in [1.165, 1.54) is 6.07 Å². The molecule has 0 atom stereocenters. The first-order valence-electron chi connectivity index (χ1n) is 5.65. The molecule has 0 amide bonds. The Hall–Kier alpha value is -2.28. The maximum atomic E-state index is 13.5. The molecule has 0 radical (unpaired) electrons. The van der Waals surface area contributed by atoms with E-state index < -0.39 is 17.8 Å². The van der Waals surface area contributed by atoms with Gasteiger partial charge in [-0.05, 0) is 28.8 Å². The molecule has 0 fully saturated rings. The monoisotopic (exact) mass is 261 g/mol. The zero-order valence-electron chi connectivity index (χ0n) is 9.91. The maximum absolute atomic E-state index is 13.5. The van der Waals surface area contributed by atoms with Gasteiger partial charge in [0.2, 0.25) is 0 Å². The molecule has 0 saturated heterocycles. The Morgan fingerprint density at radius 1 is 1.00 bits per heavy atom. The standard InChI is InChI=1S/C15H10F3N/c16-14-9-12(5-6-13(14)15(17)18)11-3-1-10(2-4-11)7-8-19/h1-6,9,15H,7H2. The first-order valence-corrected chi connectivity index (χ1v) is 5.65. The molecule has 19 heavy (non-hydrogen) atoms. The van der Waals surface area contributed by atoms with Crippen molar-refractivity contribution in [3.05, 3.63) is 59.4 Å². The fraction of sp³-hybridized carbons (Fsp3) is 0.133. The van der Waals surface area contributed by atoms with Crippen molar-refractivity contribution >= 4 is 0 Å². The summed E-state index contributed by atoms with van der Waals surface area (Å²) in [6.45, 7) is 0. The Kier molecular flexibility index (Phi) is 3.86. The molecule has 2 aromatic rings. The third-order valence-electron chi connectivity index (χ3n) is 2.81. The molecule has 0 aromatic heterocycles. The summed E-state index contributed by atoms with van der Waals surface area (Å²) in [5, 5.41) is 8.55. The summed E-state index contributed by atoms with van der Waals surface area (Å²) in [5.41, 5.74) is 1.52. The lowest BCUT2D eigenvalue weighted by Gasteiger charge is -2.06. The predicted octanol–water partition coefficient (Wildman–Crippen LogP) is 4.50. The normalized spacial score (nSPS) is 10.5. The van der Waals surface area contributed by atoms with Crippen LogP contribution in [0.2, 0.25) is 0 Å². The molecule has 0 aliphatic carbocycles. The van der Waals surface area contributed by atoms with Crippen molar-refractivity contribution in [2.45, 2.75) is 12.8 Å². The topological polar surface area (TPSA) is 23.8 Å². The van der Waals surface area contributed by atoms with Gasteiger partial charge in [-0.25, -0.2) is 13.2 Å². The first-order chi connectivity index (χ1) is 9.11. The molecule has 0 saturated carbocycles. The second-order valence-electron chi connectivity index (χ2n) is 4.07. The minimum Gasteiger partial charge on any atom is -0.206 e. The quantitative estimate of drug-likeness (QED) is 0.798. The molecule has 1 nitrogen and oxygen atoms in total. The van der Waals surface area contributed by atoms with Crippen molar-refractivity contribution < 1.29 is 13.2 Å². The van der Waals surface area contributed by atoms with Gasteiger partial charge in [-0.3, -0.25) is 0 Å². The minimum atomic E-state index is -2.81. The fourth-order valence-corrected chi connectivity index (χ4v) is 1.79. The van der Waals surface area contributed by atoms with Crippen LogP contribution in [0.4, 0.5) is 13.2 Å². The van der Waals surface area contributed by atoms with Gasteiger partial charge >= 0.3 is 0 Å². The van der Waals surface area contributed by atoms with E-state index in [-0.39, 0.29) is 0 Å². The average Bonchev–Trinajstić information content (AvgIpc) is 2.39. The van der Waals surface area contributed by atoms with Crippen LogP contribution in [-0.2, 0) is 6.42 Å². The van der Waals surface area contributed by atoms with Crippen LogP contribution in [0, 0.1) is 17.1 Å². The summed E-state index contributed by atoms with van der Waals surface area (Å²) in [7, 11) is 0. The summed E-state index contributed by atoms with van der Waals surface area (Å²) in [6, 6.07) is 12.7. The zero-order valence-corrected chi connectivity index (χ0v) is 9.91. The van der Waals surface area contributed by atoms with Gasteiger partial charge in [-0.15, -0.1) is 0 Å². The number of hydrogen-bond acceptors (Lipinski definition) is 1. The Balaban J connectivity index is 2.32. The molecule has 0 unspecified atom stereocenters. The molecule has 0 spiro atoms. The third-order valence-corrected chi connectivity index (χ3v) is 2.81. The van der Waals surface area contributed by atoms with Gasteiger partial charge < -0.3 is 0 Å². The minimum absolute atomic E-state index is 0.305. The van der Waals surface area contributed by atoms with Crippen molar-refractivity contribution in [2.75, 3.05) is 0 Å². The van der Waals surface area contributed by atoms with E-state index in [1.54, 1.807) is 24.3 Å². The second-order valence-corrected chi connectivity index (χ2v) is 4.07. The highest BCUT2D eigenvalue weighted by atomic mass is 19.3. The van der Waals surface area contributed by atoms with E-state index in [4.69, 9.17) is 5.26 Å². The number of nitrogens with zero attached hydrogens (tertiary/aromatic N) is 1. The van der Waals surface area contributed by atoms with Gasteiger partial charge in [0.15, 0.2) is 0 Å². The number of nitriles is 1. The summed E-state index contributed by atoms with van der Waals surface area (Å²) >= 11 is 0. The van der Waals surface area contributed by atoms with E-state index in [1.807, 2.05) is 6.07 Å². The molecule has 0 N–H and O–H groups in total. The number of halogens is 3. The molecule has 0 heterocycles. The number of alkyl halides is 2. The second kappa shape index (κ2) is 5.57. The number of hydrogen-bond donors (Lipinski definition) is 0.